The molecule has 2 atom stereocenters. The lowest BCUT2D eigenvalue weighted by Gasteiger charge is -2.10. The minimum absolute atomic E-state index is 0.595. The molecule has 0 heterocycles. The van der Waals surface area contributed by atoms with Gasteiger partial charge in [0.05, 0.1) is 0 Å². The molecule has 0 aliphatic heterocycles. The normalized spacial score (nSPS) is 17.1. The molecule has 0 aromatic rings. The van der Waals surface area contributed by atoms with Crippen molar-refractivity contribution in [3.8, 4) is 0 Å². The van der Waals surface area contributed by atoms with Crippen LogP contribution in [-0.4, -0.2) is 23.2 Å². The van der Waals surface area contributed by atoms with Crippen molar-refractivity contribution < 1.29 is 9.90 Å². The number of nitrogens with two attached hydrogens (primary N) is 2. The molecule has 58 valence electrons. The van der Waals surface area contributed by atoms with E-state index in [4.69, 9.17) is 16.6 Å². The number of hydrogen-bond acceptors (Lipinski definition) is 3. The van der Waals surface area contributed by atoms with Crippen molar-refractivity contribution in [1.29, 1.82) is 0 Å². The van der Waals surface area contributed by atoms with Crippen molar-refractivity contribution in [2.45, 2.75) is 19.0 Å². The summed E-state index contributed by atoms with van der Waals surface area (Å²) in [5, 5.41) is 8.34. The molecular weight excluding hydrogens is 138 g/mol. The van der Waals surface area contributed by atoms with Crippen molar-refractivity contribution >= 4 is 5.97 Å². The second-order valence-corrected chi connectivity index (χ2v) is 1.97. The molecule has 0 bridgehead atoms. The van der Waals surface area contributed by atoms with Gasteiger partial charge in [-0.15, -0.1) is 0 Å². The van der Waals surface area contributed by atoms with Crippen LogP contribution in [0.5, 0.6) is 0 Å². The van der Waals surface area contributed by atoms with E-state index in [2.05, 4.69) is 0 Å². The van der Waals surface area contributed by atoms with Gasteiger partial charge >= 0.3 is 5.97 Å². The van der Waals surface area contributed by atoms with Gasteiger partial charge in [-0.3, -0.25) is 4.79 Å². The molecule has 0 spiro atoms. The zero-order valence-corrected chi connectivity index (χ0v) is 5.82. The van der Waals surface area contributed by atoms with E-state index < -0.39 is 18.1 Å². The number of carboxylic acid groups (broad SMARTS) is 1. The average molecular weight is 150 g/mol. The van der Waals surface area contributed by atoms with E-state index >= 15 is 0 Å². The molecular formula is C6H12N2O2. The molecule has 4 heteroatoms. The highest BCUT2D eigenvalue weighted by Gasteiger charge is 2.16. The van der Waals surface area contributed by atoms with Gasteiger partial charge in [0.1, 0.15) is 6.04 Å². The summed E-state index contributed by atoms with van der Waals surface area (Å²) in [5.41, 5.74) is 10.5. The van der Waals surface area contributed by atoms with Crippen molar-refractivity contribution in [2.24, 2.45) is 11.5 Å². The fraction of sp³-hybridized carbons (Fsp3) is 0.500. The van der Waals surface area contributed by atoms with E-state index in [9.17, 15) is 4.79 Å². The fourth-order valence-electron chi connectivity index (χ4n) is 0.507. The third kappa shape index (κ3) is 2.61. The highest BCUT2D eigenvalue weighted by atomic mass is 16.5. The first kappa shape index (κ1) is 9.13. The molecule has 0 saturated carbocycles. The van der Waals surface area contributed by atoms with Crippen LogP contribution in [0.15, 0.2) is 12.2 Å². The van der Waals surface area contributed by atoms with Crippen molar-refractivity contribution in [2.75, 3.05) is 0 Å². The van der Waals surface area contributed by atoms with Gasteiger partial charge in [0.2, 0.25) is 0 Å². The Morgan fingerprint density at radius 3 is 2.40 bits per heavy atom. The van der Waals surface area contributed by atoms with Gasteiger partial charge in [-0.05, 0) is 6.92 Å². The van der Waals surface area contributed by atoms with E-state index in [0.29, 0.717) is 0 Å². The first-order valence-electron chi connectivity index (χ1n) is 2.96. The monoisotopic (exact) mass is 150 g/mol. The summed E-state index contributed by atoms with van der Waals surface area (Å²) in [6.45, 7) is 1.76. The first-order valence-corrected chi connectivity index (χ1v) is 2.96. The van der Waals surface area contributed by atoms with Gasteiger partial charge in [-0.25, -0.2) is 0 Å². The molecule has 0 aromatic carbocycles. The van der Waals surface area contributed by atoms with Crippen molar-refractivity contribution in [1.82, 2.24) is 0 Å². The predicted octanol–water partition coefficient (Wildman–Crippen LogP) is -0.698. The molecule has 0 amide bonds. The van der Waals surface area contributed by atoms with Crippen LogP contribution in [0.2, 0.25) is 0 Å². The van der Waals surface area contributed by atoms with Crippen LogP contribution in [0.1, 0.15) is 6.92 Å². The molecule has 0 rings (SSSR count). The molecule has 0 radical (unpaired) electrons. The molecule has 0 aliphatic carbocycles. The van der Waals surface area contributed by atoms with E-state index in [1.807, 2.05) is 0 Å². The van der Waals surface area contributed by atoms with Gasteiger partial charge in [0, 0.05) is 6.04 Å². The van der Waals surface area contributed by atoms with E-state index in [0.717, 1.165) is 0 Å². The quantitative estimate of drug-likeness (QED) is 0.366. The lowest BCUT2D eigenvalue weighted by Crippen LogP contribution is -2.45. The zero-order valence-electron chi connectivity index (χ0n) is 5.82. The van der Waals surface area contributed by atoms with E-state index in [1.165, 1.54) is 0 Å². The summed E-state index contributed by atoms with van der Waals surface area (Å²) in [4.78, 5) is 10.2. The summed E-state index contributed by atoms with van der Waals surface area (Å²) in [7, 11) is 0. The topological polar surface area (TPSA) is 89.3 Å². The van der Waals surface area contributed by atoms with Gasteiger partial charge in [-0.1, -0.05) is 12.2 Å². The number of allylic oxidation sites excluding steroid dienone is 1. The summed E-state index contributed by atoms with van der Waals surface area (Å²) in [5.74, 6) is -1.08. The lowest BCUT2D eigenvalue weighted by atomic mass is 11.1. The fourth-order valence-corrected chi connectivity index (χ4v) is 0.507. The molecule has 4 nitrogen and oxygen atoms in total. The molecule has 1 unspecified atom stereocenters. The number of aliphatic carboxylic acids is 1. The Kier molecular flexibility index (Phi) is 3.68. The summed E-state index contributed by atoms with van der Waals surface area (Å²) in [6.07, 6.45) is 3.23. The minimum atomic E-state index is -1.08. The molecule has 0 saturated heterocycles. The Bertz CT molecular complexity index is 145. The largest absolute Gasteiger partial charge is 0.480 e. The molecule has 0 aliphatic rings. The Balaban J connectivity index is 3.93. The number of hydrogen-bond donors (Lipinski definition) is 3. The summed E-state index contributed by atoms with van der Waals surface area (Å²) in [6, 6.07) is -1.60. The third-order valence-electron chi connectivity index (χ3n) is 1.11. The minimum Gasteiger partial charge on any atom is -0.480 e. The Morgan fingerprint density at radius 2 is 2.10 bits per heavy atom. The van der Waals surface area contributed by atoms with E-state index in [-0.39, 0.29) is 0 Å². The Morgan fingerprint density at radius 1 is 1.60 bits per heavy atom. The Hall–Kier alpha value is -0.870. The van der Waals surface area contributed by atoms with Crippen LogP contribution >= 0.6 is 0 Å². The molecule has 10 heavy (non-hydrogen) atoms. The highest BCUT2D eigenvalue weighted by Crippen LogP contribution is 1.88. The van der Waals surface area contributed by atoms with Crippen LogP contribution in [0.25, 0.3) is 0 Å². The molecule has 0 aromatic heterocycles. The number of carboxylic acids is 1. The second kappa shape index (κ2) is 4.03. The zero-order chi connectivity index (χ0) is 8.15. The predicted molar refractivity (Wildman–Crippen MR) is 38.4 cm³/mol. The summed E-state index contributed by atoms with van der Waals surface area (Å²) >= 11 is 0. The van der Waals surface area contributed by atoms with Crippen molar-refractivity contribution in [3.63, 3.8) is 0 Å². The second-order valence-electron chi connectivity index (χ2n) is 1.97. The standard InChI is InChI=1S/C6H12N2O2/c1-2-3-4(7)5(8)6(9)10/h2-5H,7-8H2,1H3,(H,9,10)/b3-2+/t4?,5-/m0/s1/i1+1,2+1,3+1,4+1,5+1,6+1. The maximum absolute atomic E-state index is 10.2. The van der Waals surface area contributed by atoms with Gasteiger partial charge in [0.25, 0.3) is 0 Å². The number of carbonyl (C=O) groups is 1. The summed E-state index contributed by atoms with van der Waals surface area (Å²) < 4.78 is 0. The van der Waals surface area contributed by atoms with Crippen LogP contribution in [-0.2, 0) is 4.79 Å². The van der Waals surface area contributed by atoms with Gasteiger partial charge in [-0.2, -0.15) is 0 Å². The SMILES string of the molecule is [13CH3]/[13CH]=[13CH]/[13CH](N)[13C@H](N)[13C](=O)O. The molecule has 0 fully saturated rings. The van der Waals surface area contributed by atoms with Gasteiger partial charge < -0.3 is 16.6 Å². The lowest BCUT2D eigenvalue weighted by molar-refractivity contribution is -0.138. The number of rotatable bonds is 3. The third-order valence-corrected chi connectivity index (χ3v) is 1.11. The molecule has 5 N–H and O–H groups in total. The maximum atomic E-state index is 10.2. The van der Waals surface area contributed by atoms with Crippen molar-refractivity contribution in [3.05, 3.63) is 12.2 Å². The van der Waals surface area contributed by atoms with Gasteiger partial charge in [0.15, 0.2) is 0 Å². The first-order chi connectivity index (χ1) is 4.59. The van der Waals surface area contributed by atoms with Crippen LogP contribution in [0.3, 0.4) is 0 Å². The Labute approximate surface area is 59.5 Å². The highest BCUT2D eigenvalue weighted by molar-refractivity contribution is 5.74. The van der Waals surface area contributed by atoms with Crippen LogP contribution in [0, 0.1) is 0 Å². The van der Waals surface area contributed by atoms with Crippen LogP contribution < -0.4 is 11.5 Å². The maximum Gasteiger partial charge on any atom is 0.322 e. The van der Waals surface area contributed by atoms with Crippen LogP contribution in [0.4, 0.5) is 0 Å². The van der Waals surface area contributed by atoms with E-state index in [1.54, 1.807) is 19.1 Å². The smallest absolute Gasteiger partial charge is 0.322 e. The average Bonchev–Trinajstić information content (AvgIpc) is 1.87.